The molecular weight excluding hydrogens is 370 g/mol. The van der Waals surface area contributed by atoms with Crippen LogP contribution in [0, 0.1) is 0 Å². The average molecular weight is 410 g/mol. The Morgan fingerprint density at radius 3 is 1.48 bits per heavy atom. The van der Waals surface area contributed by atoms with Crippen LogP contribution in [-0.2, 0) is 25.5 Å². The predicted octanol–water partition coefficient (Wildman–Crippen LogP) is 3.52. The molecule has 6 heteroatoms. The smallest absolute Gasteiger partial charge is 0.122 e. The highest BCUT2D eigenvalue weighted by atomic mass is 16.6. The maximum atomic E-state index is 10.7. The van der Waals surface area contributed by atoms with Crippen molar-refractivity contribution in [1.82, 2.24) is 4.90 Å². The Morgan fingerprint density at radius 2 is 1.10 bits per heavy atom. The zero-order chi connectivity index (χ0) is 21.1. The summed E-state index contributed by atoms with van der Waals surface area (Å²) in [4.78, 5) is 2.35. The Hall–Kier alpha value is -1.18. The Kier molecular flexibility index (Phi) is 11.0. The molecule has 0 bridgehead atoms. The molecule has 1 aliphatic heterocycles. The van der Waals surface area contributed by atoms with Crippen LogP contribution in [0.25, 0.3) is 0 Å². The van der Waals surface area contributed by atoms with Crippen molar-refractivity contribution in [3.8, 4) is 5.75 Å². The fraction of sp³-hybridized carbons (Fsp3) is 0.739. The molecule has 29 heavy (non-hydrogen) atoms. The number of ether oxygens (including phenoxy) is 4. The molecule has 2 rings (SSSR count). The van der Waals surface area contributed by atoms with Crippen molar-refractivity contribution in [2.75, 3.05) is 65.9 Å². The molecule has 0 unspecified atom stereocenters. The first kappa shape index (κ1) is 24.1. The Bertz CT molecular complexity index is 546. The standard InChI is InChI=1S/C23H39NO5/c1-18(2)21-15-20(16-22(19(3)4)23(21)25)17-24-5-7-26-9-11-28-13-14-29-12-10-27-8-6-24/h15-16,18-19,25H,5-14,17H2,1-4H3. The summed E-state index contributed by atoms with van der Waals surface area (Å²) in [6, 6.07) is 4.29. The van der Waals surface area contributed by atoms with E-state index in [1.54, 1.807) is 0 Å². The van der Waals surface area contributed by atoms with Gasteiger partial charge in [-0.2, -0.15) is 0 Å². The van der Waals surface area contributed by atoms with E-state index in [9.17, 15) is 5.11 Å². The number of phenolic OH excluding ortho intramolecular Hbond substituents is 1. The highest BCUT2D eigenvalue weighted by Gasteiger charge is 2.16. The summed E-state index contributed by atoms with van der Waals surface area (Å²) < 4.78 is 22.4. The molecule has 0 aromatic heterocycles. The highest BCUT2D eigenvalue weighted by molar-refractivity contribution is 5.46. The van der Waals surface area contributed by atoms with Crippen molar-refractivity contribution in [2.45, 2.75) is 46.1 Å². The molecule has 1 aromatic carbocycles. The van der Waals surface area contributed by atoms with E-state index in [-0.39, 0.29) is 11.8 Å². The largest absolute Gasteiger partial charge is 0.507 e. The number of hydrogen-bond acceptors (Lipinski definition) is 6. The number of phenols is 1. The summed E-state index contributed by atoms with van der Waals surface area (Å²) in [5.41, 5.74) is 3.26. The van der Waals surface area contributed by atoms with E-state index in [1.165, 1.54) is 5.56 Å². The summed E-state index contributed by atoms with van der Waals surface area (Å²) in [6.45, 7) is 15.8. The zero-order valence-corrected chi connectivity index (χ0v) is 18.6. The normalized spacial score (nSPS) is 19.2. The number of aromatic hydroxyl groups is 1. The van der Waals surface area contributed by atoms with Crippen molar-refractivity contribution >= 4 is 0 Å². The summed E-state index contributed by atoms with van der Waals surface area (Å²) in [5, 5.41) is 10.7. The predicted molar refractivity (Wildman–Crippen MR) is 115 cm³/mol. The highest BCUT2D eigenvalue weighted by Crippen LogP contribution is 2.35. The maximum Gasteiger partial charge on any atom is 0.122 e. The van der Waals surface area contributed by atoms with E-state index in [0.717, 1.165) is 30.8 Å². The molecule has 166 valence electrons. The van der Waals surface area contributed by atoms with Crippen LogP contribution in [0.2, 0.25) is 0 Å². The van der Waals surface area contributed by atoms with Crippen LogP contribution in [0.4, 0.5) is 0 Å². The van der Waals surface area contributed by atoms with Crippen molar-refractivity contribution < 1.29 is 24.1 Å². The van der Waals surface area contributed by atoms with Gasteiger partial charge in [-0.1, -0.05) is 39.8 Å². The summed E-state index contributed by atoms with van der Waals surface area (Å²) in [7, 11) is 0. The van der Waals surface area contributed by atoms with Crippen molar-refractivity contribution in [3.63, 3.8) is 0 Å². The van der Waals surface area contributed by atoms with Crippen LogP contribution in [-0.4, -0.2) is 76.0 Å². The zero-order valence-electron chi connectivity index (χ0n) is 18.6. The third kappa shape index (κ3) is 8.60. The van der Waals surface area contributed by atoms with Gasteiger partial charge in [-0.05, 0) is 28.5 Å². The number of hydrogen-bond donors (Lipinski definition) is 1. The molecule has 1 aliphatic rings. The molecule has 0 aliphatic carbocycles. The molecule has 1 heterocycles. The lowest BCUT2D eigenvalue weighted by atomic mass is 9.91. The van der Waals surface area contributed by atoms with Crippen LogP contribution in [0.1, 0.15) is 56.2 Å². The van der Waals surface area contributed by atoms with E-state index < -0.39 is 0 Å². The van der Waals surface area contributed by atoms with Crippen molar-refractivity contribution in [3.05, 3.63) is 28.8 Å². The molecule has 0 atom stereocenters. The molecular formula is C23H39NO5. The van der Waals surface area contributed by atoms with Crippen LogP contribution in [0.15, 0.2) is 12.1 Å². The summed E-state index contributed by atoms with van der Waals surface area (Å²) >= 11 is 0. The van der Waals surface area contributed by atoms with Crippen LogP contribution >= 0.6 is 0 Å². The number of nitrogens with zero attached hydrogens (tertiary/aromatic N) is 1. The fourth-order valence-electron chi connectivity index (χ4n) is 3.39. The first-order valence-electron chi connectivity index (χ1n) is 10.9. The molecule has 1 aromatic rings. The molecule has 0 amide bonds. The Balaban J connectivity index is 2.06. The Morgan fingerprint density at radius 1 is 0.724 bits per heavy atom. The molecule has 1 fully saturated rings. The van der Waals surface area contributed by atoms with Gasteiger partial charge in [0, 0.05) is 19.6 Å². The second-order valence-electron chi connectivity index (χ2n) is 8.16. The maximum absolute atomic E-state index is 10.7. The van der Waals surface area contributed by atoms with Crippen LogP contribution < -0.4 is 0 Å². The second kappa shape index (κ2) is 13.2. The van der Waals surface area contributed by atoms with Gasteiger partial charge in [-0.15, -0.1) is 0 Å². The number of benzene rings is 1. The van der Waals surface area contributed by atoms with E-state index in [4.69, 9.17) is 18.9 Å². The molecule has 0 spiro atoms. The van der Waals surface area contributed by atoms with E-state index in [0.29, 0.717) is 58.6 Å². The van der Waals surface area contributed by atoms with Gasteiger partial charge in [0.15, 0.2) is 0 Å². The van der Waals surface area contributed by atoms with Crippen LogP contribution in [0.3, 0.4) is 0 Å². The van der Waals surface area contributed by atoms with Crippen molar-refractivity contribution in [2.24, 2.45) is 0 Å². The minimum atomic E-state index is 0.280. The van der Waals surface area contributed by atoms with Gasteiger partial charge in [0.05, 0.1) is 52.9 Å². The van der Waals surface area contributed by atoms with Gasteiger partial charge < -0.3 is 24.1 Å². The molecule has 0 radical (unpaired) electrons. The summed E-state index contributed by atoms with van der Waals surface area (Å²) in [5.74, 6) is 1.01. The van der Waals surface area contributed by atoms with Gasteiger partial charge >= 0.3 is 0 Å². The third-order valence-electron chi connectivity index (χ3n) is 5.10. The monoisotopic (exact) mass is 409 g/mol. The number of rotatable bonds is 4. The lowest BCUT2D eigenvalue weighted by Crippen LogP contribution is -2.31. The molecule has 6 nitrogen and oxygen atoms in total. The topological polar surface area (TPSA) is 60.4 Å². The summed E-state index contributed by atoms with van der Waals surface area (Å²) in [6.07, 6.45) is 0. The van der Waals surface area contributed by atoms with Gasteiger partial charge in [-0.3, -0.25) is 4.90 Å². The fourth-order valence-corrected chi connectivity index (χ4v) is 3.39. The lowest BCUT2D eigenvalue weighted by Gasteiger charge is -2.24. The molecule has 1 N–H and O–H groups in total. The van der Waals surface area contributed by atoms with Gasteiger partial charge in [0.1, 0.15) is 5.75 Å². The molecule has 1 saturated heterocycles. The van der Waals surface area contributed by atoms with E-state index in [1.807, 2.05) is 0 Å². The second-order valence-corrected chi connectivity index (χ2v) is 8.16. The van der Waals surface area contributed by atoms with E-state index >= 15 is 0 Å². The van der Waals surface area contributed by atoms with Gasteiger partial charge in [0.25, 0.3) is 0 Å². The SMILES string of the molecule is CC(C)c1cc(CN2CCOCCOCCOCCOCC2)cc(C(C)C)c1O. The van der Waals surface area contributed by atoms with Crippen LogP contribution in [0.5, 0.6) is 5.75 Å². The average Bonchev–Trinajstić information content (AvgIpc) is 2.69. The van der Waals surface area contributed by atoms with Gasteiger partial charge in [0.2, 0.25) is 0 Å². The lowest BCUT2D eigenvalue weighted by molar-refractivity contribution is 0.00206. The quantitative estimate of drug-likeness (QED) is 0.821. The van der Waals surface area contributed by atoms with Crippen molar-refractivity contribution in [1.29, 1.82) is 0 Å². The minimum Gasteiger partial charge on any atom is -0.507 e. The molecule has 0 saturated carbocycles. The third-order valence-corrected chi connectivity index (χ3v) is 5.10. The minimum absolute atomic E-state index is 0.280. The van der Waals surface area contributed by atoms with Gasteiger partial charge in [-0.25, -0.2) is 0 Å². The first-order chi connectivity index (χ1) is 14.0. The first-order valence-corrected chi connectivity index (χ1v) is 10.9. The van der Waals surface area contributed by atoms with E-state index in [2.05, 4.69) is 44.7 Å². The Labute approximate surface area is 176 Å².